The van der Waals surface area contributed by atoms with E-state index in [4.69, 9.17) is 23.7 Å². The first-order valence-electron chi connectivity index (χ1n) is 12.6. The summed E-state index contributed by atoms with van der Waals surface area (Å²) in [4.78, 5) is 38.8. The van der Waals surface area contributed by atoms with E-state index in [1.54, 1.807) is 98.8 Å². The number of hydrogen-bond acceptors (Lipinski definition) is 9. The summed E-state index contributed by atoms with van der Waals surface area (Å²) in [5.41, 5.74) is 0.165. The number of thioether (sulfide) groups is 1. The molecule has 0 bridgehead atoms. The Hall–Kier alpha value is -3.66. The van der Waals surface area contributed by atoms with Crippen molar-refractivity contribution < 1.29 is 38.1 Å². The number of ether oxygens (including phenoxy) is 5. The zero-order chi connectivity index (χ0) is 27.4. The Morgan fingerprint density at radius 2 is 1.15 bits per heavy atom. The fraction of sp³-hybridized carbons (Fsp3) is 0.300. The van der Waals surface area contributed by atoms with Crippen molar-refractivity contribution in [3.05, 3.63) is 108 Å². The zero-order valence-corrected chi connectivity index (χ0v) is 22.2. The van der Waals surface area contributed by atoms with E-state index in [0.717, 1.165) is 0 Å². The number of esters is 3. The molecule has 0 spiro atoms. The summed E-state index contributed by atoms with van der Waals surface area (Å²) in [6.45, 7) is 3.48. The van der Waals surface area contributed by atoms with Crippen LogP contribution in [0.4, 0.5) is 0 Å². The highest BCUT2D eigenvalue weighted by molar-refractivity contribution is 8.00. The van der Waals surface area contributed by atoms with Crippen molar-refractivity contribution >= 4 is 29.7 Å². The topological polar surface area (TPSA) is 97.4 Å². The predicted octanol–water partition coefficient (Wildman–Crippen LogP) is 4.89. The van der Waals surface area contributed by atoms with Crippen molar-refractivity contribution in [1.82, 2.24) is 0 Å². The maximum Gasteiger partial charge on any atom is 0.339 e. The number of carbonyl (C=O) groups excluding carboxylic acids is 3. The SMILES string of the molecule is CC1(C)O[C@@H]2[C@@H](OC(=O)c3ccccc3)[C@@H](OC(=O)c3ccccc3)S[C@H](COC(=O)c3ccccc3)[C@H]2O1. The Kier molecular flexibility index (Phi) is 8.02. The molecule has 8 nitrogen and oxygen atoms in total. The molecule has 2 aliphatic heterocycles. The molecule has 9 heteroatoms. The monoisotopic (exact) mass is 548 g/mol. The molecule has 0 amide bonds. The molecular formula is C30H28O8S. The molecule has 202 valence electrons. The molecule has 5 atom stereocenters. The van der Waals surface area contributed by atoms with Crippen molar-refractivity contribution in [1.29, 1.82) is 0 Å². The van der Waals surface area contributed by atoms with Crippen molar-refractivity contribution in [3.8, 4) is 0 Å². The van der Waals surface area contributed by atoms with Crippen LogP contribution in [0.5, 0.6) is 0 Å². The third kappa shape index (κ3) is 6.33. The minimum absolute atomic E-state index is 0.0300. The number of hydrogen-bond donors (Lipinski definition) is 0. The summed E-state index contributed by atoms with van der Waals surface area (Å²) in [5.74, 6) is -2.65. The van der Waals surface area contributed by atoms with Gasteiger partial charge in [-0.3, -0.25) is 0 Å². The molecule has 0 aliphatic carbocycles. The van der Waals surface area contributed by atoms with Gasteiger partial charge in [0.1, 0.15) is 18.8 Å². The lowest BCUT2D eigenvalue weighted by atomic mass is 10.0. The first kappa shape index (κ1) is 26.9. The molecule has 3 aromatic rings. The van der Waals surface area contributed by atoms with E-state index in [1.165, 1.54) is 11.8 Å². The van der Waals surface area contributed by atoms with Crippen LogP contribution < -0.4 is 0 Å². The van der Waals surface area contributed by atoms with Crippen LogP contribution in [-0.4, -0.2) is 59.3 Å². The van der Waals surface area contributed by atoms with Gasteiger partial charge in [0.15, 0.2) is 17.3 Å². The standard InChI is InChI=1S/C30H28O8S/c1-30(2)37-23-22(18-34-26(31)19-12-6-3-7-13-19)39-29(36-28(33)21-16-10-5-11-17-21)25(24(23)38-30)35-27(32)20-14-8-4-9-15-20/h3-17,22-25,29H,18H2,1-2H3/t22-,23-,24+,25-,29+/m1/s1. The summed E-state index contributed by atoms with van der Waals surface area (Å²) < 4.78 is 29.8. The molecule has 2 aliphatic rings. The van der Waals surface area contributed by atoms with E-state index in [9.17, 15) is 14.4 Å². The predicted molar refractivity (Wildman–Crippen MR) is 143 cm³/mol. The van der Waals surface area contributed by atoms with Gasteiger partial charge in [0.2, 0.25) is 0 Å². The van der Waals surface area contributed by atoms with Gasteiger partial charge in [-0.05, 0) is 50.2 Å². The Morgan fingerprint density at radius 1 is 0.692 bits per heavy atom. The second kappa shape index (κ2) is 11.6. The molecule has 0 radical (unpaired) electrons. The van der Waals surface area contributed by atoms with E-state index < -0.39 is 52.7 Å². The highest BCUT2D eigenvalue weighted by atomic mass is 32.2. The Morgan fingerprint density at radius 3 is 1.69 bits per heavy atom. The highest BCUT2D eigenvalue weighted by Crippen LogP contribution is 2.45. The molecule has 2 heterocycles. The minimum Gasteiger partial charge on any atom is -0.461 e. The van der Waals surface area contributed by atoms with Crippen molar-refractivity contribution in [2.24, 2.45) is 0 Å². The van der Waals surface area contributed by atoms with Crippen LogP contribution in [0, 0.1) is 0 Å². The molecule has 0 aromatic heterocycles. The summed E-state index contributed by atoms with van der Waals surface area (Å²) in [7, 11) is 0. The first-order chi connectivity index (χ1) is 18.8. The normalized spacial score (nSPS) is 25.2. The molecule has 0 saturated carbocycles. The maximum atomic E-state index is 13.1. The van der Waals surface area contributed by atoms with Crippen LogP contribution in [0.3, 0.4) is 0 Å². The maximum absolute atomic E-state index is 13.1. The first-order valence-corrected chi connectivity index (χ1v) is 13.5. The zero-order valence-electron chi connectivity index (χ0n) is 21.4. The molecule has 2 saturated heterocycles. The molecule has 0 unspecified atom stereocenters. The quantitative estimate of drug-likeness (QED) is 0.302. The molecule has 5 rings (SSSR count). The lowest BCUT2D eigenvalue weighted by Crippen LogP contribution is -2.55. The summed E-state index contributed by atoms with van der Waals surface area (Å²) >= 11 is 1.21. The van der Waals surface area contributed by atoms with E-state index in [1.807, 2.05) is 6.07 Å². The number of fused-ring (bicyclic) bond motifs is 1. The van der Waals surface area contributed by atoms with Crippen LogP contribution in [0.15, 0.2) is 91.0 Å². The van der Waals surface area contributed by atoms with Gasteiger partial charge >= 0.3 is 17.9 Å². The van der Waals surface area contributed by atoms with E-state index in [-0.39, 0.29) is 6.61 Å². The van der Waals surface area contributed by atoms with E-state index in [2.05, 4.69) is 0 Å². The van der Waals surface area contributed by atoms with E-state index >= 15 is 0 Å². The molecule has 2 fully saturated rings. The van der Waals surface area contributed by atoms with Crippen LogP contribution >= 0.6 is 11.8 Å². The molecule has 0 N–H and O–H groups in total. The van der Waals surface area contributed by atoms with E-state index in [0.29, 0.717) is 16.7 Å². The molecule has 39 heavy (non-hydrogen) atoms. The molecule has 3 aromatic carbocycles. The number of carbonyl (C=O) groups is 3. The van der Waals surface area contributed by atoms with Gasteiger partial charge < -0.3 is 23.7 Å². The fourth-order valence-corrected chi connectivity index (χ4v) is 5.89. The third-order valence-corrected chi connectivity index (χ3v) is 7.69. The summed E-state index contributed by atoms with van der Waals surface area (Å²) in [6.07, 6.45) is -2.36. The van der Waals surface area contributed by atoms with Crippen LogP contribution in [0.2, 0.25) is 0 Å². The second-order valence-electron chi connectivity index (χ2n) is 9.58. The highest BCUT2D eigenvalue weighted by Gasteiger charge is 2.58. The van der Waals surface area contributed by atoms with Crippen LogP contribution in [-0.2, 0) is 23.7 Å². The van der Waals surface area contributed by atoms with Crippen molar-refractivity contribution in [2.45, 2.75) is 48.6 Å². The lowest BCUT2D eigenvalue weighted by molar-refractivity contribution is -0.158. The largest absolute Gasteiger partial charge is 0.461 e. The van der Waals surface area contributed by atoms with Gasteiger partial charge in [-0.1, -0.05) is 54.6 Å². The summed E-state index contributed by atoms with van der Waals surface area (Å²) in [5, 5.41) is -0.468. The molecular weight excluding hydrogens is 520 g/mol. The van der Waals surface area contributed by atoms with Gasteiger partial charge in [0.05, 0.1) is 21.9 Å². The van der Waals surface area contributed by atoms with Gasteiger partial charge in [-0.25, -0.2) is 14.4 Å². The van der Waals surface area contributed by atoms with Crippen LogP contribution in [0.25, 0.3) is 0 Å². The summed E-state index contributed by atoms with van der Waals surface area (Å²) in [6, 6.07) is 25.7. The van der Waals surface area contributed by atoms with Gasteiger partial charge in [-0.2, -0.15) is 0 Å². The van der Waals surface area contributed by atoms with Gasteiger partial charge in [-0.15, -0.1) is 11.8 Å². The van der Waals surface area contributed by atoms with Crippen molar-refractivity contribution in [2.75, 3.05) is 6.61 Å². The average Bonchev–Trinajstić information content (AvgIpc) is 3.29. The fourth-order valence-electron chi connectivity index (χ4n) is 4.52. The van der Waals surface area contributed by atoms with Crippen molar-refractivity contribution in [3.63, 3.8) is 0 Å². The smallest absolute Gasteiger partial charge is 0.339 e. The third-order valence-electron chi connectivity index (χ3n) is 6.30. The number of benzene rings is 3. The lowest BCUT2D eigenvalue weighted by Gasteiger charge is -2.40. The van der Waals surface area contributed by atoms with Gasteiger partial charge in [0, 0.05) is 0 Å². The Labute approximate surface area is 230 Å². The Balaban J connectivity index is 1.41. The van der Waals surface area contributed by atoms with Gasteiger partial charge in [0.25, 0.3) is 0 Å². The van der Waals surface area contributed by atoms with Crippen LogP contribution in [0.1, 0.15) is 44.9 Å². The second-order valence-corrected chi connectivity index (χ2v) is 10.9. The number of rotatable bonds is 7. The Bertz CT molecular complexity index is 1300. The average molecular weight is 549 g/mol. The minimum atomic E-state index is -1.01.